The van der Waals surface area contributed by atoms with Crippen molar-refractivity contribution in [3.05, 3.63) is 53.6 Å². The smallest absolute Gasteiger partial charge is 0.255 e. The maximum atomic E-state index is 12.2. The lowest BCUT2D eigenvalue weighted by molar-refractivity contribution is 0.102. The van der Waals surface area contributed by atoms with Crippen molar-refractivity contribution in [2.24, 2.45) is 0 Å². The summed E-state index contributed by atoms with van der Waals surface area (Å²) in [6.45, 7) is 2.10. The van der Waals surface area contributed by atoms with Gasteiger partial charge < -0.3 is 5.32 Å². The van der Waals surface area contributed by atoms with Gasteiger partial charge in [-0.05, 0) is 42.3 Å². The molecule has 0 aliphatic heterocycles. The molecule has 1 aromatic heterocycles. The average molecular weight is 283 g/mol. The van der Waals surface area contributed by atoms with Crippen molar-refractivity contribution in [1.29, 1.82) is 0 Å². The molecule has 0 saturated carbocycles. The van der Waals surface area contributed by atoms with Gasteiger partial charge in [-0.25, -0.2) is 0 Å². The van der Waals surface area contributed by atoms with Crippen molar-refractivity contribution in [2.75, 3.05) is 5.32 Å². The molecule has 100 valence electrons. The highest BCUT2D eigenvalue weighted by atomic mass is 32.1. The van der Waals surface area contributed by atoms with Gasteiger partial charge in [0.15, 0.2) is 0 Å². The second-order valence-electron chi connectivity index (χ2n) is 4.47. The van der Waals surface area contributed by atoms with E-state index < -0.39 is 0 Å². The molecule has 5 heteroatoms. The van der Waals surface area contributed by atoms with Gasteiger partial charge in [-0.3, -0.25) is 4.79 Å². The molecule has 1 N–H and O–H groups in total. The number of carbonyl (C=O) groups is 1. The Morgan fingerprint density at radius 1 is 1.10 bits per heavy atom. The summed E-state index contributed by atoms with van der Waals surface area (Å²) in [6, 6.07) is 13.2. The van der Waals surface area contributed by atoms with E-state index in [2.05, 4.69) is 21.0 Å². The van der Waals surface area contributed by atoms with Crippen molar-refractivity contribution in [1.82, 2.24) is 8.75 Å². The van der Waals surface area contributed by atoms with E-state index in [9.17, 15) is 4.79 Å². The van der Waals surface area contributed by atoms with Crippen LogP contribution in [-0.4, -0.2) is 14.7 Å². The topological polar surface area (TPSA) is 54.9 Å². The summed E-state index contributed by atoms with van der Waals surface area (Å²) in [5.74, 6) is -0.135. The summed E-state index contributed by atoms with van der Waals surface area (Å²) in [5, 5.41) is 2.88. The third-order valence-electron chi connectivity index (χ3n) is 3.14. The Hall–Kier alpha value is -2.27. The molecule has 0 radical (unpaired) electrons. The Kier molecular flexibility index (Phi) is 3.43. The van der Waals surface area contributed by atoms with Crippen LogP contribution in [0.5, 0.6) is 0 Å². The molecule has 0 atom stereocenters. The molecule has 0 fully saturated rings. The van der Waals surface area contributed by atoms with Gasteiger partial charge in [0.1, 0.15) is 11.0 Å². The Balaban J connectivity index is 1.80. The van der Waals surface area contributed by atoms with Gasteiger partial charge in [-0.2, -0.15) is 8.75 Å². The van der Waals surface area contributed by atoms with E-state index in [1.807, 2.05) is 30.3 Å². The highest BCUT2D eigenvalue weighted by molar-refractivity contribution is 7.00. The van der Waals surface area contributed by atoms with Crippen molar-refractivity contribution in [3.63, 3.8) is 0 Å². The predicted octanol–water partition coefficient (Wildman–Crippen LogP) is 3.51. The third kappa shape index (κ3) is 2.53. The minimum Gasteiger partial charge on any atom is -0.322 e. The van der Waals surface area contributed by atoms with E-state index in [-0.39, 0.29) is 5.91 Å². The third-order valence-corrected chi connectivity index (χ3v) is 3.69. The first-order chi connectivity index (χ1) is 9.76. The molecule has 0 spiro atoms. The number of amides is 1. The number of benzene rings is 2. The monoisotopic (exact) mass is 283 g/mol. The van der Waals surface area contributed by atoms with E-state index in [0.29, 0.717) is 5.56 Å². The van der Waals surface area contributed by atoms with Gasteiger partial charge in [0.25, 0.3) is 5.91 Å². The lowest BCUT2D eigenvalue weighted by Crippen LogP contribution is -2.11. The van der Waals surface area contributed by atoms with Crippen LogP contribution in [-0.2, 0) is 6.42 Å². The van der Waals surface area contributed by atoms with Crippen molar-refractivity contribution < 1.29 is 4.79 Å². The number of hydrogen-bond donors (Lipinski definition) is 1. The zero-order valence-corrected chi connectivity index (χ0v) is 11.8. The van der Waals surface area contributed by atoms with E-state index in [4.69, 9.17) is 0 Å². The van der Waals surface area contributed by atoms with Crippen LogP contribution in [0.25, 0.3) is 11.0 Å². The highest BCUT2D eigenvalue weighted by Gasteiger charge is 2.08. The second kappa shape index (κ2) is 5.38. The normalized spacial score (nSPS) is 10.7. The molecule has 2 aromatic carbocycles. The fourth-order valence-electron chi connectivity index (χ4n) is 1.95. The minimum absolute atomic E-state index is 0.135. The van der Waals surface area contributed by atoms with Crippen molar-refractivity contribution in [2.45, 2.75) is 13.3 Å². The van der Waals surface area contributed by atoms with Crippen LogP contribution >= 0.6 is 11.7 Å². The zero-order valence-electron chi connectivity index (χ0n) is 11.0. The summed E-state index contributed by atoms with van der Waals surface area (Å²) in [5.41, 5.74) is 4.20. The Morgan fingerprint density at radius 3 is 2.60 bits per heavy atom. The molecular weight excluding hydrogens is 270 g/mol. The molecule has 0 bridgehead atoms. The maximum absolute atomic E-state index is 12.2. The number of hydrogen-bond acceptors (Lipinski definition) is 4. The summed E-state index contributed by atoms with van der Waals surface area (Å²) >= 11 is 1.15. The first-order valence-corrected chi connectivity index (χ1v) is 7.12. The van der Waals surface area contributed by atoms with Crippen LogP contribution in [0.4, 0.5) is 5.69 Å². The fraction of sp³-hybridized carbons (Fsp3) is 0.133. The van der Waals surface area contributed by atoms with E-state index in [0.717, 1.165) is 34.9 Å². The van der Waals surface area contributed by atoms with Gasteiger partial charge in [0.2, 0.25) is 0 Å². The van der Waals surface area contributed by atoms with Gasteiger partial charge >= 0.3 is 0 Å². The fourth-order valence-corrected chi connectivity index (χ4v) is 2.47. The summed E-state index contributed by atoms with van der Waals surface area (Å²) in [4.78, 5) is 12.2. The van der Waals surface area contributed by atoms with Crippen molar-refractivity contribution in [3.8, 4) is 0 Å². The number of carbonyl (C=O) groups excluding carboxylic acids is 1. The molecule has 4 nitrogen and oxygen atoms in total. The zero-order chi connectivity index (χ0) is 13.9. The highest BCUT2D eigenvalue weighted by Crippen LogP contribution is 2.16. The van der Waals surface area contributed by atoms with Gasteiger partial charge in [-0.1, -0.05) is 19.1 Å². The standard InChI is InChI=1S/C15H13N3OS/c1-2-10-3-6-12(7-4-10)16-15(19)11-5-8-13-14(9-11)18-20-17-13/h3-9H,2H2,1H3,(H,16,19). The number of fused-ring (bicyclic) bond motifs is 1. The Morgan fingerprint density at radius 2 is 1.85 bits per heavy atom. The van der Waals surface area contributed by atoms with E-state index >= 15 is 0 Å². The quantitative estimate of drug-likeness (QED) is 0.800. The largest absolute Gasteiger partial charge is 0.322 e. The van der Waals surface area contributed by atoms with Crippen LogP contribution in [0.3, 0.4) is 0 Å². The van der Waals surface area contributed by atoms with Gasteiger partial charge in [0.05, 0.1) is 11.7 Å². The maximum Gasteiger partial charge on any atom is 0.255 e. The van der Waals surface area contributed by atoms with Crippen LogP contribution in [0.15, 0.2) is 42.5 Å². The van der Waals surface area contributed by atoms with Crippen LogP contribution < -0.4 is 5.32 Å². The number of aryl methyl sites for hydroxylation is 1. The van der Waals surface area contributed by atoms with Crippen LogP contribution in [0.1, 0.15) is 22.8 Å². The first-order valence-electron chi connectivity index (χ1n) is 6.39. The number of nitrogens with one attached hydrogen (secondary N) is 1. The van der Waals surface area contributed by atoms with Crippen LogP contribution in [0.2, 0.25) is 0 Å². The molecule has 0 unspecified atom stereocenters. The average Bonchev–Trinajstić information content (AvgIpc) is 2.95. The lowest BCUT2D eigenvalue weighted by Gasteiger charge is -2.06. The lowest BCUT2D eigenvalue weighted by atomic mass is 10.1. The molecule has 0 saturated heterocycles. The minimum atomic E-state index is -0.135. The number of nitrogens with zero attached hydrogens (tertiary/aromatic N) is 2. The molecule has 0 aliphatic rings. The molecule has 3 aromatic rings. The van der Waals surface area contributed by atoms with Gasteiger partial charge in [-0.15, -0.1) is 0 Å². The molecule has 3 rings (SSSR count). The van der Waals surface area contributed by atoms with E-state index in [1.54, 1.807) is 12.1 Å². The number of anilines is 1. The van der Waals surface area contributed by atoms with Gasteiger partial charge in [0, 0.05) is 11.3 Å². The predicted molar refractivity (Wildman–Crippen MR) is 81.2 cm³/mol. The molecule has 1 amide bonds. The molecular formula is C15H13N3OS. The Bertz CT molecular complexity index is 749. The first kappa shape index (κ1) is 12.7. The molecule has 20 heavy (non-hydrogen) atoms. The van der Waals surface area contributed by atoms with Crippen molar-refractivity contribution >= 4 is 34.4 Å². The number of rotatable bonds is 3. The summed E-state index contributed by atoms with van der Waals surface area (Å²) in [6.07, 6.45) is 0.988. The SMILES string of the molecule is CCc1ccc(NC(=O)c2ccc3nsnc3c2)cc1. The molecule has 0 aliphatic carbocycles. The molecule has 1 heterocycles. The van der Waals surface area contributed by atoms with E-state index in [1.165, 1.54) is 5.56 Å². The van der Waals surface area contributed by atoms with Crippen LogP contribution in [0, 0.1) is 0 Å². The second-order valence-corrected chi connectivity index (χ2v) is 5.00. The Labute approximate surface area is 120 Å². The summed E-state index contributed by atoms with van der Waals surface area (Å²) in [7, 11) is 0. The summed E-state index contributed by atoms with van der Waals surface area (Å²) < 4.78 is 8.26. The number of aromatic nitrogens is 2.